The molecule has 0 aliphatic carbocycles. The first-order valence-corrected chi connectivity index (χ1v) is 6.12. The number of carbonyl (C=O) groups excluding carboxylic acids is 2. The van der Waals surface area contributed by atoms with Crippen LogP contribution in [0.25, 0.3) is 0 Å². The van der Waals surface area contributed by atoms with E-state index < -0.39 is 17.5 Å². The largest absolute Gasteiger partial charge is 0.463 e. The van der Waals surface area contributed by atoms with Crippen LogP contribution in [0.3, 0.4) is 0 Å². The van der Waals surface area contributed by atoms with Gasteiger partial charge < -0.3 is 9.47 Å². The van der Waals surface area contributed by atoms with E-state index in [0.717, 1.165) is 31.8 Å². The fourth-order valence-electron chi connectivity index (χ4n) is 1.42. The SMILES string of the molecule is C=CC(=O)OCCCCC(C)(CC)OC(=O)C=C. The van der Waals surface area contributed by atoms with Crippen molar-refractivity contribution in [3.8, 4) is 0 Å². The molecule has 1 atom stereocenters. The van der Waals surface area contributed by atoms with Crippen LogP contribution >= 0.6 is 0 Å². The minimum absolute atomic E-state index is 0.361. The van der Waals surface area contributed by atoms with Crippen molar-refractivity contribution in [2.24, 2.45) is 0 Å². The average Bonchev–Trinajstić information content (AvgIpc) is 2.37. The van der Waals surface area contributed by atoms with Crippen molar-refractivity contribution in [3.05, 3.63) is 25.3 Å². The van der Waals surface area contributed by atoms with Gasteiger partial charge in [0.05, 0.1) is 6.61 Å². The molecule has 0 amide bonds. The zero-order chi connectivity index (χ0) is 14.0. The van der Waals surface area contributed by atoms with E-state index in [-0.39, 0.29) is 0 Å². The Bertz CT molecular complexity index is 309. The Labute approximate surface area is 109 Å². The van der Waals surface area contributed by atoms with E-state index in [0.29, 0.717) is 6.61 Å². The Morgan fingerprint density at radius 3 is 2.28 bits per heavy atom. The topological polar surface area (TPSA) is 52.6 Å². The molecule has 0 rings (SSSR count). The molecule has 0 fully saturated rings. The van der Waals surface area contributed by atoms with Crippen LogP contribution in [0.4, 0.5) is 0 Å². The van der Waals surface area contributed by atoms with Gasteiger partial charge in [-0.2, -0.15) is 0 Å². The summed E-state index contributed by atoms with van der Waals surface area (Å²) in [7, 11) is 0. The van der Waals surface area contributed by atoms with Crippen LogP contribution in [0, 0.1) is 0 Å². The highest BCUT2D eigenvalue weighted by molar-refractivity contribution is 5.81. The lowest BCUT2D eigenvalue weighted by Gasteiger charge is -2.27. The maximum absolute atomic E-state index is 11.2. The van der Waals surface area contributed by atoms with Gasteiger partial charge in [-0.1, -0.05) is 20.1 Å². The summed E-state index contributed by atoms with van der Waals surface area (Å²) in [6, 6.07) is 0. The van der Waals surface area contributed by atoms with Crippen LogP contribution in [-0.4, -0.2) is 24.1 Å². The smallest absolute Gasteiger partial charge is 0.330 e. The number of esters is 2. The fourth-order valence-corrected chi connectivity index (χ4v) is 1.42. The molecule has 18 heavy (non-hydrogen) atoms. The summed E-state index contributed by atoms with van der Waals surface area (Å²) in [5, 5.41) is 0. The van der Waals surface area contributed by atoms with Crippen LogP contribution in [0.2, 0.25) is 0 Å². The highest BCUT2D eigenvalue weighted by atomic mass is 16.6. The molecule has 0 spiro atoms. The van der Waals surface area contributed by atoms with Gasteiger partial charge in [-0.25, -0.2) is 9.59 Å². The lowest BCUT2D eigenvalue weighted by atomic mass is 9.96. The fraction of sp³-hybridized carbons (Fsp3) is 0.571. The van der Waals surface area contributed by atoms with Gasteiger partial charge in [0.25, 0.3) is 0 Å². The summed E-state index contributed by atoms with van der Waals surface area (Å²) >= 11 is 0. The first-order chi connectivity index (χ1) is 8.47. The molecule has 0 aromatic carbocycles. The maximum atomic E-state index is 11.2. The quantitative estimate of drug-likeness (QED) is 0.360. The summed E-state index contributed by atoms with van der Waals surface area (Å²) in [6.45, 7) is 10.9. The van der Waals surface area contributed by atoms with E-state index >= 15 is 0 Å². The highest BCUT2D eigenvalue weighted by Gasteiger charge is 2.25. The van der Waals surface area contributed by atoms with Gasteiger partial charge in [0.2, 0.25) is 0 Å². The Kier molecular flexibility index (Phi) is 7.76. The standard InChI is InChI=1S/C14H22O4/c1-5-12(15)17-11-9-8-10-14(4,7-3)18-13(16)6-2/h5-6H,1-2,7-11H2,3-4H3. The molecule has 0 saturated carbocycles. The minimum Gasteiger partial charge on any atom is -0.463 e. The van der Waals surface area contributed by atoms with Crippen molar-refractivity contribution in [2.45, 2.75) is 45.1 Å². The Morgan fingerprint density at radius 2 is 1.78 bits per heavy atom. The number of ether oxygens (including phenoxy) is 2. The molecule has 4 heteroatoms. The van der Waals surface area contributed by atoms with Crippen LogP contribution < -0.4 is 0 Å². The van der Waals surface area contributed by atoms with E-state index in [1.54, 1.807) is 0 Å². The predicted molar refractivity (Wildman–Crippen MR) is 70.0 cm³/mol. The van der Waals surface area contributed by atoms with Gasteiger partial charge >= 0.3 is 11.9 Å². The zero-order valence-corrected chi connectivity index (χ0v) is 11.2. The predicted octanol–water partition coefficient (Wildman–Crippen LogP) is 2.78. The van der Waals surface area contributed by atoms with Crippen LogP contribution in [0.1, 0.15) is 39.5 Å². The van der Waals surface area contributed by atoms with Crippen molar-refractivity contribution >= 4 is 11.9 Å². The second-order valence-electron chi connectivity index (χ2n) is 4.26. The molecule has 0 aromatic rings. The van der Waals surface area contributed by atoms with E-state index in [9.17, 15) is 9.59 Å². The lowest BCUT2D eigenvalue weighted by Crippen LogP contribution is -2.30. The van der Waals surface area contributed by atoms with E-state index in [1.165, 1.54) is 6.08 Å². The van der Waals surface area contributed by atoms with Crippen molar-refractivity contribution in [2.75, 3.05) is 6.61 Å². The van der Waals surface area contributed by atoms with E-state index in [1.807, 2.05) is 13.8 Å². The molecule has 0 N–H and O–H groups in total. The Hall–Kier alpha value is -1.58. The number of hydrogen-bond donors (Lipinski definition) is 0. The van der Waals surface area contributed by atoms with Crippen molar-refractivity contribution in [1.29, 1.82) is 0 Å². The molecule has 0 aliphatic rings. The van der Waals surface area contributed by atoms with Gasteiger partial charge in [-0.3, -0.25) is 0 Å². The van der Waals surface area contributed by atoms with Gasteiger partial charge in [-0.15, -0.1) is 0 Å². The molecular weight excluding hydrogens is 232 g/mol. The van der Waals surface area contributed by atoms with Crippen LogP contribution in [0.5, 0.6) is 0 Å². The third kappa shape index (κ3) is 6.89. The summed E-state index contributed by atoms with van der Waals surface area (Å²) in [4.78, 5) is 22.0. The molecule has 1 unspecified atom stereocenters. The monoisotopic (exact) mass is 254 g/mol. The Balaban J connectivity index is 3.92. The van der Waals surface area contributed by atoms with Gasteiger partial charge in [0, 0.05) is 12.2 Å². The second kappa shape index (κ2) is 8.50. The first kappa shape index (κ1) is 16.4. The molecule has 0 radical (unpaired) electrons. The molecule has 4 nitrogen and oxygen atoms in total. The van der Waals surface area contributed by atoms with Crippen LogP contribution in [-0.2, 0) is 19.1 Å². The highest BCUT2D eigenvalue weighted by Crippen LogP contribution is 2.23. The molecule has 102 valence electrons. The maximum Gasteiger partial charge on any atom is 0.330 e. The zero-order valence-electron chi connectivity index (χ0n) is 11.2. The summed E-state index contributed by atoms with van der Waals surface area (Å²) in [5.74, 6) is -0.816. The van der Waals surface area contributed by atoms with Crippen molar-refractivity contribution in [3.63, 3.8) is 0 Å². The minimum atomic E-state index is -0.478. The number of hydrogen-bond acceptors (Lipinski definition) is 4. The van der Waals surface area contributed by atoms with Gasteiger partial charge in [0.1, 0.15) is 5.60 Å². The van der Waals surface area contributed by atoms with E-state index in [4.69, 9.17) is 9.47 Å². The third-order valence-electron chi connectivity index (χ3n) is 2.77. The lowest BCUT2D eigenvalue weighted by molar-refractivity contribution is -0.152. The molecule has 0 heterocycles. The Morgan fingerprint density at radius 1 is 1.17 bits per heavy atom. The average molecular weight is 254 g/mol. The number of rotatable bonds is 9. The molecule has 0 aliphatic heterocycles. The molecule has 0 bridgehead atoms. The normalized spacial score (nSPS) is 13.2. The summed E-state index contributed by atoms with van der Waals surface area (Å²) < 4.78 is 10.2. The van der Waals surface area contributed by atoms with Gasteiger partial charge in [-0.05, 0) is 32.6 Å². The second-order valence-corrected chi connectivity index (χ2v) is 4.26. The number of carbonyl (C=O) groups is 2. The van der Waals surface area contributed by atoms with Crippen molar-refractivity contribution in [1.82, 2.24) is 0 Å². The molecule has 0 saturated heterocycles. The summed E-state index contributed by atoms with van der Waals surface area (Å²) in [6.07, 6.45) is 5.33. The van der Waals surface area contributed by atoms with Gasteiger partial charge in [0.15, 0.2) is 0 Å². The summed E-state index contributed by atoms with van der Waals surface area (Å²) in [5.41, 5.74) is -0.478. The van der Waals surface area contributed by atoms with E-state index in [2.05, 4.69) is 13.2 Å². The van der Waals surface area contributed by atoms with Crippen LogP contribution in [0.15, 0.2) is 25.3 Å². The molecular formula is C14H22O4. The van der Waals surface area contributed by atoms with Crippen molar-refractivity contribution < 1.29 is 19.1 Å². The number of unbranched alkanes of at least 4 members (excludes halogenated alkanes) is 1. The molecule has 0 aromatic heterocycles. The third-order valence-corrected chi connectivity index (χ3v) is 2.77. The first-order valence-electron chi connectivity index (χ1n) is 6.12.